The molecule has 0 aromatic rings. The fraction of sp³-hybridized carbons (Fsp3) is 0.667. The predicted molar refractivity (Wildman–Crippen MR) is 75.3 cm³/mol. The SMILES string of the molecule is CC(=O)NC1C(NC(N)N)C=C(C(=O)O)OC1C(F)(F)C(O)CO. The fourth-order valence-electron chi connectivity index (χ4n) is 2.23. The summed E-state index contributed by atoms with van der Waals surface area (Å²) in [6, 6.07) is -2.74. The number of hydrogen-bond donors (Lipinski definition) is 7. The van der Waals surface area contributed by atoms with E-state index in [-0.39, 0.29) is 0 Å². The average molecular weight is 354 g/mol. The van der Waals surface area contributed by atoms with Crippen LogP contribution in [0.4, 0.5) is 8.78 Å². The van der Waals surface area contributed by atoms with Crippen LogP contribution in [-0.4, -0.2) is 70.3 Å². The molecular formula is C12H20F2N4O6. The summed E-state index contributed by atoms with van der Waals surface area (Å²) in [5, 5.41) is 31.8. The maximum Gasteiger partial charge on any atom is 0.370 e. The predicted octanol–water partition coefficient (Wildman–Crippen LogP) is -2.99. The molecule has 1 amide bonds. The summed E-state index contributed by atoms with van der Waals surface area (Å²) in [5.41, 5.74) is 10.7. The fourth-order valence-corrected chi connectivity index (χ4v) is 2.23. The molecule has 9 N–H and O–H groups in total. The van der Waals surface area contributed by atoms with Gasteiger partial charge in [0.05, 0.1) is 18.7 Å². The van der Waals surface area contributed by atoms with E-state index in [9.17, 15) is 23.5 Å². The summed E-state index contributed by atoms with van der Waals surface area (Å²) in [6.07, 6.45) is -5.13. The molecule has 4 unspecified atom stereocenters. The first-order chi connectivity index (χ1) is 11.0. The third kappa shape index (κ3) is 4.58. The Bertz CT molecular complexity index is 516. The Morgan fingerprint density at radius 2 is 2.04 bits per heavy atom. The van der Waals surface area contributed by atoms with Crippen molar-refractivity contribution in [2.75, 3.05) is 6.61 Å². The number of ether oxygens (including phenoxy) is 1. The number of amides is 1. The molecule has 12 heteroatoms. The molecule has 24 heavy (non-hydrogen) atoms. The molecule has 0 aromatic carbocycles. The minimum Gasteiger partial charge on any atom is -0.475 e. The van der Waals surface area contributed by atoms with Crippen LogP contribution in [0.2, 0.25) is 0 Å². The van der Waals surface area contributed by atoms with Gasteiger partial charge in [0.1, 0.15) is 12.4 Å². The van der Waals surface area contributed by atoms with Gasteiger partial charge in [-0.15, -0.1) is 0 Å². The third-order valence-corrected chi connectivity index (χ3v) is 3.26. The average Bonchev–Trinajstić information content (AvgIpc) is 2.46. The van der Waals surface area contributed by atoms with Gasteiger partial charge in [0.15, 0.2) is 6.10 Å². The molecule has 0 aromatic heterocycles. The lowest BCUT2D eigenvalue weighted by atomic mass is 9.91. The van der Waals surface area contributed by atoms with Gasteiger partial charge >= 0.3 is 11.9 Å². The van der Waals surface area contributed by atoms with E-state index in [2.05, 4.69) is 10.6 Å². The number of aliphatic hydroxyl groups is 2. The van der Waals surface area contributed by atoms with Crippen molar-refractivity contribution in [2.24, 2.45) is 11.5 Å². The van der Waals surface area contributed by atoms with Crippen molar-refractivity contribution in [1.82, 2.24) is 10.6 Å². The quantitative estimate of drug-likeness (QED) is 0.235. The van der Waals surface area contributed by atoms with E-state index in [1.54, 1.807) is 0 Å². The van der Waals surface area contributed by atoms with Gasteiger partial charge in [0.25, 0.3) is 0 Å². The highest BCUT2D eigenvalue weighted by molar-refractivity contribution is 5.84. The largest absolute Gasteiger partial charge is 0.475 e. The third-order valence-electron chi connectivity index (χ3n) is 3.26. The van der Waals surface area contributed by atoms with Crippen LogP contribution >= 0.6 is 0 Å². The van der Waals surface area contributed by atoms with Crippen molar-refractivity contribution in [3.63, 3.8) is 0 Å². The van der Waals surface area contributed by atoms with Crippen LogP contribution in [0.25, 0.3) is 0 Å². The van der Waals surface area contributed by atoms with Crippen molar-refractivity contribution in [3.8, 4) is 0 Å². The van der Waals surface area contributed by atoms with Crippen LogP contribution in [-0.2, 0) is 14.3 Å². The molecule has 1 aliphatic rings. The lowest BCUT2D eigenvalue weighted by Gasteiger charge is -2.41. The standard InChI is InChI=1S/C12H20F2N4O6/c1-4(20)17-8-5(18-11(15)16)2-6(10(22)23)24-9(8)12(13,14)7(21)3-19/h2,5,7-9,11,18-19,21H,3,15-16H2,1H3,(H,17,20)(H,22,23). The number of rotatable bonds is 7. The van der Waals surface area contributed by atoms with E-state index in [1.807, 2.05) is 0 Å². The highest BCUT2D eigenvalue weighted by Crippen LogP contribution is 2.33. The van der Waals surface area contributed by atoms with Gasteiger partial charge < -0.3 is 36.8 Å². The Hall–Kier alpha value is -1.86. The van der Waals surface area contributed by atoms with Gasteiger partial charge in [0.2, 0.25) is 11.7 Å². The van der Waals surface area contributed by atoms with Crippen molar-refractivity contribution in [2.45, 2.75) is 43.4 Å². The van der Waals surface area contributed by atoms with Gasteiger partial charge in [-0.2, -0.15) is 8.78 Å². The Balaban J connectivity index is 3.33. The molecule has 0 fully saturated rings. The second-order valence-electron chi connectivity index (χ2n) is 5.19. The molecule has 0 saturated heterocycles. The lowest BCUT2D eigenvalue weighted by Crippen LogP contribution is -2.67. The van der Waals surface area contributed by atoms with E-state index in [4.69, 9.17) is 26.4 Å². The summed E-state index contributed by atoms with van der Waals surface area (Å²) >= 11 is 0. The van der Waals surface area contributed by atoms with Crippen LogP contribution in [0.15, 0.2) is 11.8 Å². The lowest BCUT2D eigenvalue weighted by molar-refractivity contribution is -0.206. The highest BCUT2D eigenvalue weighted by atomic mass is 19.3. The number of alkyl halides is 2. The van der Waals surface area contributed by atoms with Gasteiger partial charge in [-0.05, 0) is 6.08 Å². The van der Waals surface area contributed by atoms with E-state index in [0.29, 0.717) is 0 Å². The van der Waals surface area contributed by atoms with Crippen LogP contribution in [0.1, 0.15) is 6.92 Å². The molecule has 0 spiro atoms. The number of carbonyl (C=O) groups is 2. The van der Waals surface area contributed by atoms with Crippen LogP contribution in [0.3, 0.4) is 0 Å². The number of hydrogen-bond acceptors (Lipinski definition) is 8. The Morgan fingerprint density at radius 1 is 1.46 bits per heavy atom. The molecule has 0 saturated carbocycles. The Labute approximate surface area is 135 Å². The first-order valence-corrected chi connectivity index (χ1v) is 6.83. The molecule has 10 nitrogen and oxygen atoms in total. The summed E-state index contributed by atoms with van der Waals surface area (Å²) in [5.74, 6) is -7.29. The first-order valence-electron chi connectivity index (χ1n) is 6.83. The molecule has 4 atom stereocenters. The molecule has 0 radical (unpaired) electrons. The molecular weight excluding hydrogens is 334 g/mol. The molecule has 0 aliphatic carbocycles. The smallest absolute Gasteiger partial charge is 0.370 e. The summed E-state index contributed by atoms with van der Waals surface area (Å²) in [6.45, 7) is -0.256. The summed E-state index contributed by atoms with van der Waals surface area (Å²) in [4.78, 5) is 22.4. The van der Waals surface area contributed by atoms with E-state index < -0.39 is 60.7 Å². The summed E-state index contributed by atoms with van der Waals surface area (Å²) in [7, 11) is 0. The second-order valence-corrected chi connectivity index (χ2v) is 5.19. The number of nitrogens with one attached hydrogen (secondary N) is 2. The zero-order valence-electron chi connectivity index (χ0n) is 12.6. The molecule has 1 aliphatic heterocycles. The molecule has 1 rings (SSSR count). The molecule has 0 bridgehead atoms. The number of aliphatic hydroxyl groups excluding tert-OH is 2. The number of nitrogens with two attached hydrogens (primary N) is 2. The maximum absolute atomic E-state index is 14.4. The van der Waals surface area contributed by atoms with Crippen LogP contribution in [0.5, 0.6) is 0 Å². The van der Waals surface area contributed by atoms with E-state index in [1.165, 1.54) is 0 Å². The zero-order chi connectivity index (χ0) is 18.7. The minimum atomic E-state index is -4.09. The highest BCUT2D eigenvalue weighted by Gasteiger charge is 2.55. The monoisotopic (exact) mass is 354 g/mol. The molecule has 138 valence electrons. The first kappa shape index (κ1) is 20.2. The Morgan fingerprint density at radius 3 is 2.46 bits per heavy atom. The number of carbonyl (C=O) groups excluding carboxylic acids is 1. The second kappa shape index (κ2) is 7.81. The van der Waals surface area contributed by atoms with Crippen molar-refractivity contribution in [3.05, 3.63) is 11.8 Å². The van der Waals surface area contributed by atoms with Gasteiger partial charge in [-0.1, -0.05) is 0 Å². The minimum absolute atomic E-state index is 0.715. The van der Waals surface area contributed by atoms with Crippen LogP contribution < -0.4 is 22.1 Å². The van der Waals surface area contributed by atoms with Crippen molar-refractivity contribution in [1.29, 1.82) is 0 Å². The summed E-state index contributed by atoms with van der Waals surface area (Å²) < 4.78 is 33.5. The van der Waals surface area contributed by atoms with Gasteiger partial charge in [-0.25, -0.2) is 4.79 Å². The van der Waals surface area contributed by atoms with Gasteiger partial charge in [-0.3, -0.25) is 10.1 Å². The zero-order valence-corrected chi connectivity index (χ0v) is 12.6. The number of aliphatic carboxylic acids is 1. The number of halogens is 2. The Kier molecular flexibility index (Phi) is 6.57. The number of carboxylic acids is 1. The van der Waals surface area contributed by atoms with Crippen molar-refractivity contribution >= 4 is 11.9 Å². The molecule has 1 heterocycles. The van der Waals surface area contributed by atoms with E-state index >= 15 is 0 Å². The van der Waals surface area contributed by atoms with E-state index in [0.717, 1.165) is 13.0 Å². The van der Waals surface area contributed by atoms with Crippen LogP contribution in [0, 0.1) is 0 Å². The topological polar surface area (TPSA) is 180 Å². The maximum atomic E-state index is 14.4. The normalized spacial score (nSPS) is 25.7. The number of carboxylic acid groups (broad SMARTS) is 1. The van der Waals surface area contributed by atoms with Gasteiger partial charge in [0, 0.05) is 6.92 Å². The van der Waals surface area contributed by atoms with Crippen molar-refractivity contribution < 1.29 is 38.4 Å².